The first-order valence-corrected chi connectivity index (χ1v) is 8.18. The molecule has 4 nitrogen and oxygen atoms in total. The molecule has 0 amide bonds. The first kappa shape index (κ1) is 17.4. The van der Waals surface area contributed by atoms with E-state index in [-0.39, 0.29) is 5.97 Å². The topological polar surface area (TPSA) is 41.6 Å². The second kappa shape index (κ2) is 8.63. The highest BCUT2D eigenvalue weighted by molar-refractivity contribution is 5.81. The molecule has 1 saturated heterocycles. The summed E-state index contributed by atoms with van der Waals surface area (Å²) in [5, 5.41) is 3.52. The highest BCUT2D eigenvalue weighted by atomic mass is 16.5. The zero-order valence-electron chi connectivity index (χ0n) is 13.7. The molecule has 4 heteroatoms. The largest absolute Gasteiger partial charge is 0.465 e. The Labute approximate surface area is 124 Å². The molecule has 0 aromatic heterocycles. The smallest absolute Gasteiger partial charge is 0.326 e. The van der Waals surface area contributed by atoms with Crippen LogP contribution >= 0.6 is 0 Å². The number of nitrogens with zero attached hydrogens (tertiary/aromatic N) is 1. The quantitative estimate of drug-likeness (QED) is 0.729. The molecular formula is C16H32N2O2. The third-order valence-corrected chi connectivity index (χ3v) is 3.99. The van der Waals surface area contributed by atoms with Gasteiger partial charge < -0.3 is 15.0 Å². The minimum Gasteiger partial charge on any atom is -0.465 e. The van der Waals surface area contributed by atoms with Crippen molar-refractivity contribution in [3.63, 3.8) is 0 Å². The molecule has 0 radical (unpaired) electrons. The van der Waals surface area contributed by atoms with Gasteiger partial charge in [0.2, 0.25) is 0 Å². The molecule has 1 aliphatic heterocycles. The van der Waals surface area contributed by atoms with Crippen molar-refractivity contribution in [3.05, 3.63) is 0 Å². The van der Waals surface area contributed by atoms with E-state index in [4.69, 9.17) is 4.74 Å². The van der Waals surface area contributed by atoms with Crippen LogP contribution < -0.4 is 5.32 Å². The van der Waals surface area contributed by atoms with Crippen molar-refractivity contribution in [3.8, 4) is 0 Å². The van der Waals surface area contributed by atoms with E-state index in [0.717, 1.165) is 45.4 Å². The number of ether oxygens (including phenoxy) is 1. The first-order chi connectivity index (χ1) is 9.54. The summed E-state index contributed by atoms with van der Waals surface area (Å²) in [7, 11) is 0. The van der Waals surface area contributed by atoms with Crippen LogP contribution in [0.15, 0.2) is 0 Å². The highest BCUT2D eigenvalue weighted by Gasteiger charge is 2.40. The Morgan fingerprint density at radius 3 is 2.65 bits per heavy atom. The maximum atomic E-state index is 12.4. The summed E-state index contributed by atoms with van der Waals surface area (Å²) in [4.78, 5) is 14.9. The average molecular weight is 284 g/mol. The lowest BCUT2D eigenvalue weighted by molar-refractivity contribution is -0.152. The van der Waals surface area contributed by atoms with Crippen LogP contribution in [0.25, 0.3) is 0 Å². The van der Waals surface area contributed by atoms with Crippen LogP contribution in [0.5, 0.6) is 0 Å². The summed E-state index contributed by atoms with van der Waals surface area (Å²) in [6.45, 7) is 13.0. The minimum absolute atomic E-state index is 0.0565. The lowest BCUT2D eigenvalue weighted by atomic mass is 9.90. The van der Waals surface area contributed by atoms with Gasteiger partial charge in [-0.1, -0.05) is 20.8 Å². The number of carbonyl (C=O) groups is 1. The lowest BCUT2D eigenvalue weighted by Crippen LogP contribution is -2.54. The SMILES string of the molecule is CCCN1CCCC(NCC(C)C)(C(=O)OCC)CC1. The van der Waals surface area contributed by atoms with Crippen LogP contribution in [0, 0.1) is 5.92 Å². The molecule has 1 aliphatic rings. The third kappa shape index (κ3) is 5.06. The van der Waals surface area contributed by atoms with Crippen LogP contribution in [0.4, 0.5) is 0 Å². The zero-order chi connectivity index (χ0) is 15.0. The Morgan fingerprint density at radius 1 is 1.30 bits per heavy atom. The van der Waals surface area contributed by atoms with Gasteiger partial charge in [-0.2, -0.15) is 0 Å². The molecule has 1 heterocycles. The molecule has 1 N–H and O–H groups in total. The van der Waals surface area contributed by atoms with E-state index in [1.165, 1.54) is 6.42 Å². The van der Waals surface area contributed by atoms with E-state index in [0.29, 0.717) is 12.5 Å². The second-order valence-corrected chi connectivity index (χ2v) is 6.27. The average Bonchev–Trinajstić information content (AvgIpc) is 2.61. The molecule has 1 atom stereocenters. The predicted molar refractivity (Wildman–Crippen MR) is 82.8 cm³/mol. The van der Waals surface area contributed by atoms with E-state index in [9.17, 15) is 4.79 Å². The van der Waals surface area contributed by atoms with Gasteiger partial charge in [-0.15, -0.1) is 0 Å². The predicted octanol–water partition coefficient (Wildman–Crippen LogP) is 2.43. The third-order valence-electron chi connectivity index (χ3n) is 3.99. The van der Waals surface area contributed by atoms with Crippen LogP contribution in [0.3, 0.4) is 0 Å². The molecule has 0 aromatic carbocycles. The van der Waals surface area contributed by atoms with Crippen molar-refractivity contribution in [2.45, 2.75) is 58.9 Å². The molecule has 0 saturated carbocycles. The Bertz CT molecular complexity index is 294. The lowest BCUT2D eigenvalue weighted by Gasteiger charge is -2.32. The fourth-order valence-corrected chi connectivity index (χ4v) is 2.85. The second-order valence-electron chi connectivity index (χ2n) is 6.27. The highest BCUT2D eigenvalue weighted by Crippen LogP contribution is 2.24. The van der Waals surface area contributed by atoms with Gasteiger partial charge in [-0.3, -0.25) is 4.79 Å². The van der Waals surface area contributed by atoms with Gasteiger partial charge in [-0.05, 0) is 58.2 Å². The van der Waals surface area contributed by atoms with Gasteiger partial charge in [0.05, 0.1) is 6.61 Å². The van der Waals surface area contributed by atoms with Gasteiger partial charge in [0.25, 0.3) is 0 Å². The number of rotatable bonds is 7. The molecule has 0 aromatic rings. The van der Waals surface area contributed by atoms with Crippen LogP contribution in [0.1, 0.15) is 53.4 Å². The molecular weight excluding hydrogens is 252 g/mol. The summed E-state index contributed by atoms with van der Waals surface area (Å²) in [6, 6.07) is 0. The summed E-state index contributed by atoms with van der Waals surface area (Å²) in [6.07, 6.45) is 3.98. The van der Waals surface area contributed by atoms with Gasteiger partial charge in [0, 0.05) is 6.54 Å². The van der Waals surface area contributed by atoms with Gasteiger partial charge in [0.1, 0.15) is 5.54 Å². The number of hydrogen-bond donors (Lipinski definition) is 1. The normalized spacial score (nSPS) is 24.6. The minimum atomic E-state index is -0.469. The number of nitrogens with one attached hydrogen (secondary N) is 1. The fourth-order valence-electron chi connectivity index (χ4n) is 2.85. The number of carbonyl (C=O) groups excluding carboxylic acids is 1. The van der Waals surface area contributed by atoms with E-state index in [1.54, 1.807) is 0 Å². The maximum Gasteiger partial charge on any atom is 0.326 e. The Morgan fingerprint density at radius 2 is 2.05 bits per heavy atom. The zero-order valence-corrected chi connectivity index (χ0v) is 13.7. The van der Waals surface area contributed by atoms with Crippen LogP contribution in [-0.4, -0.2) is 49.2 Å². The van der Waals surface area contributed by atoms with Crippen LogP contribution in [0.2, 0.25) is 0 Å². The van der Waals surface area contributed by atoms with Crippen molar-refractivity contribution < 1.29 is 9.53 Å². The van der Waals surface area contributed by atoms with Crippen molar-refractivity contribution in [2.75, 3.05) is 32.8 Å². The molecule has 20 heavy (non-hydrogen) atoms. The molecule has 0 aliphatic carbocycles. The summed E-state index contributed by atoms with van der Waals surface area (Å²) in [5.41, 5.74) is -0.469. The molecule has 1 fully saturated rings. The van der Waals surface area contributed by atoms with Gasteiger partial charge in [-0.25, -0.2) is 0 Å². The van der Waals surface area contributed by atoms with E-state index in [1.807, 2.05) is 6.92 Å². The number of hydrogen-bond acceptors (Lipinski definition) is 4. The molecule has 1 rings (SSSR count). The van der Waals surface area contributed by atoms with Crippen molar-refractivity contribution in [1.29, 1.82) is 0 Å². The summed E-state index contributed by atoms with van der Waals surface area (Å²) in [5.74, 6) is 0.482. The maximum absolute atomic E-state index is 12.4. The van der Waals surface area contributed by atoms with E-state index >= 15 is 0 Å². The fraction of sp³-hybridized carbons (Fsp3) is 0.938. The molecule has 118 valence electrons. The number of likely N-dealkylation sites (tertiary alicyclic amines) is 1. The summed E-state index contributed by atoms with van der Waals surface area (Å²) >= 11 is 0. The van der Waals surface area contributed by atoms with Gasteiger partial charge >= 0.3 is 5.97 Å². The van der Waals surface area contributed by atoms with E-state index in [2.05, 4.69) is 31.0 Å². The molecule has 0 bridgehead atoms. The standard InChI is InChI=1S/C16H32N2O2/c1-5-10-18-11-7-8-16(9-12-18,15(19)20-6-2)17-13-14(3)4/h14,17H,5-13H2,1-4H3. The van der Waals surface area contributed by atoms with Crippen molar-refractivity contribution >= 4 is 5.97 Å². The number of esters is 1. The molecule has 0 spiro atoms. The van der Waals surface area contributed by atoms with Crippen molar-refractivity contribution in [1.82, 2.24) is 10.2 Å². The monoisotopic (exact) mass is 284 g/mol. The Kier molecular flexibility index (Phi) is 7.52. The Hall–Kier alpha value is -0.610. The molecule has 1 unspecified atom stereocenters. The van der Waals surface area contributed by atoms with Gasteiger partial charge in [0.15, 0.2) is 0 Å². The Balaban J connectivity index is 2.73. The van der Waals surface area contributed by atoms with Crippen LogP contribution in [-0.2, 0) is 9.53 Å². The van der Waals surface area contributed by atoms with Crippen molar-refractivity contribution in [2.24, 2.45) is 5.92 Å². The summed E-state index contributed by atoms with van der Waals surface area (Å²) < 4.78 is 5.35. The first-order valence-electron chi connectivity index (χ1n) is 8.18. The van der Waals surface area contributed by atoms with E-state index < -0.39 is 5.54 Å².